The van der Waals surface area contributed by atoms with Gasteiger partial charge in [-0.3, -0.25) is 4.72 Å². The smallest absolute Gasteiger partial charge is 0.261 e. The topological polar surface area (TPSA) is 46.2 Å². The number of benzene rings is 2. The van der Waals surface area contributed by atoms with Gasteiger partial charge in [0.2, 0.25) is 0 Å². The monoisotopic (exact) mass is 329 g/mol. The van der Waals surface area contributed by atoms with E-state index in [1.54, 1.807) is 42.5 Å². The van der Waals surface area contributed by atoms with Gasteiger partial charge in [-0.25, -0.2) is 8.42 Å². The average Bonchev–Trinajstić information content (AvgIpc) is 2.41. The normalized spacial score (nSPS) is 11.3. The van der Waals surface area contributed by atoms with Crippen molar-refractivity contribution in [2.45, 2.75) is 17.7 Å². The van der Waals surface area contributed by atoms with Crippen LogP contribution in [-0.4, -0.2) is 8.42 Å². The van der Waals surface area contributed by atoms with Gasteiger partial charge in [0, 0.05) is 10.9 Å². The molecule has 0 aromatic heterocycles. The van der Waals surface area contributed by atoms with Crippen molar-refractivity contribution in [1.29, 1.82) is 0 Å². The van der Waals surface area contributed by atoms with E-state index >= 15 is 0 Å². The molecule has 0 radical (unpaired) electrons. The van der Waals surface area contributed by atoms with Crippen LogP contribution in [0.3, 0.4) is 0 Å². The molecule has 1 N–H and O–H groups in total. The lowest BCUT2D eigenvalue weighted by Gasteiger charge is -2.11. The lowest BCUT2D eigenvalue weighted by Crippen LogP contribution is -2.14. The van der Waals surface area contributed by atoms with E-state index in [-0.39, 0.29) is 10.8 Å². The first kappa shape index (κ1) is 15.2. The van der Waals surface area contributed by atoms with Crippen LogP contribution < -0.4 is 4.72 Å². The lowest BCUT2D eigenvalue weighted by atomic mass is 10.2. The van der Waals surface area contributed by atoms with Crippen LogP contribution >= 0.6 is 23.2 Å². The Labute approximate surface area is 128 Å². The summed E-state index contributed by atoms with van der Waals surface area (Å²) in [4.78, 5) is 0.207. The van der Waals surface area contributed by atoms with Gasteiger partial charge >= 0.3 is 0 Å². The highest BCUT2D eigenvalue weighted by Crippen LogP contribution is 2.25. The molecule has 3 nitrogen and oxygen atoms in total. The Balaban J connectivity index is 2.35. The molecule has 0 saturated carbocycles. The van der Waals surface area contributed by atoms with Gasteiger partial charge in [0.15, 0.2) is 0 Å². The highest BCUT2D eigenvalue weighted by atomic mass is 35.5. The number of rotatable bonds is 4. The van der Waals surface area contributed by atoms with Gasteiger partial charge in [0.1, 0.15) is 0 Å². The van der Waals surface area contributed by atoms with Crippen LogP contribution in [0.4, 0.5) is 5.69 Å². The molecule has 0 aliphatic heterocycles. The van der Waals surface area contributed by atoms with Crippen molar-refractivity contribution in [3.05, 3.63) is 58.6 Å². The zero-order chi connectivity index (χ0) is 14.8. The summed E-state index contributed by atoms with van der Waals surface area (Å²) in [5, 5.41) is 0.513. The maximum absolute atomic E-state index is 12.3. The molecule has 0 amide bonds. The molecule has 2 rings (SSSR count). The molecule has 106 valence electrons. The number of hydrogen-bond acceptors (Lipinski definition) is 2. The SMILES string of the molecule is Cc1ccc(S(=O)(=O)Nc2ccc(Cl)cc2CCl)cc1. The summed E-state index contributed by atoms with van der Waals surface area (Å²) >= 11 is 11.7. The summed E-state index contributed by atoms with van der Waals surface area (Å²) in [5.74, 6) is 0.173. The van der Waals surface area contributed by atoms with Crippen molar-refractivity contribution in [3.8, 4) is 0 Å². The van der Waals surface area contributed by atoms with Crippen molar-refractivity contribution in [3.63, 3.8) is 0 Å². The fourth-order valence-electron chi connectivity index (χ4n) is 1.69. The Kier molecular flexibility index (Phi) is 4.58. The maximum Gasteiger partial charge on any atom is 0.261 e. The average molecular weight is 330 g/mol. The Morgan fingerprint density at radius 3 is 2.35 bits per heavy atom. The molecule has 2 aromatic carbocycles. The minimum absolute atomic E-state index is 0.173. The van der Waals surface area contributed by atoms with E-state index in [0.29, 0.717) is 16.3 Å². The maximum atomic E-state index is 12.3. The molecule has 0 saturated heterocycles. The molecule has 0 aliphatic carbocycles. The predicted molar refractivity (Wildman–Crippen MR) is 83.0 cm³/mol. The molecule has 0 fully saturated rings. The second-order valence-electron chi connectivity index (χ2n) is 4.35. The summed E-state index contributed by atoms with van der Waals surface area (Å²) < 4.78 is 27.1. The van der Waals surface area contributed by atoms with Crippen molar-refractivity contribution in [2.24, 2.45) is 0 Å². The standard InChI is InChI=1S/C14H13Cl2NO2S/c1-10-2-5-13(6-3-10)20(18,19)17-14-7-4-12(16)8-11(14)9-15/h2-8,17H,9H2,1H3. The van der Waals surface area contributed by atoms with Crippen molar-refractivity contribution < 1.29 is 8.42 Å². The lowest BCUT2D eigenvalue weighted by molar-refractivity contribution is 0.601. The second kappa shape index (κ2) is 6.04. The van der Waals surface area contributed by atoms with Gasteiger partial charge < -0.3 is 0 Å². The molecule has 0 unspecified atom stereocenters. The molecule has 0 bridgehead atoms. The first-order chi connectivity index (χ1) is 9.42. The Hall–Kier alpha value is -1.23. The summed E-state index contributed by atoms with van der Waals surface area (Å²) in [6.45, 7) is 1.90. The van der Waals surface area contributed by atoms with Crippen LogP contribution in [0.25, 0.3) is 0 Å². The predicted octanol–water partition coefficient (Wildman–Crippen LogP) is 4.19. The molecule has 2 aromatic rings. The molecule has 0 heterocycles. The van der Waals surface area contributed by atoms with Gasteiger partial charge in [-0.2, -0.15) is 0 Å². The Bertz CT molecular complexity index is 712. The third-order valence-electron chi connectivity index (χ3n) is 2.79. The van der Waals surface area contributed by atoms with Gasteiger partial charge in [0.05, 0.1) is 10.6 Å². The van der Waals surface area contributed by atoms with Gasteiger partial charge in [-0.05, 0) is 42.8 Å². The van der Waals surface area contributed by atoms with Crippen molar-refractivity contribution >= 4 is 38.9 Å². The number of aryl methyl sites for hydroxylation is 1. The molecule has 0 spiro atoms. The first-order valence-electron chi connectivity index (χ1n) is 5.86. The summed E-state index contributed by atoms with van der Waals surface area (Å²) in [6, 6.07) is 11.5. The van der Waals surface area contributed by atoms with Crippen LogP contribution in [0.2, 0.25) is 5.02 Å². The minimum atomic E-state index is -3.63. The number of halogens is 2. The number of hydrogen-bond donors (Lipinski definition) is 1. The molecule has 0 aliphatic rings. The molecular formula is C14H13Cl2NO2S. The molecule has 6 heteroatoms. The van der Waals surface area contributed by atoms with Crippen molar-refractivity contribution in [2.75, 3.05) is 4.72 Å². The van der Waals surface area contributed by atoms with E-state index in [0.717, 1.165) is 5.56 Å². The Morgan fingerprint density at radius 2 is 1.75 bits per heavy atom. The van der Waals surface area contributed by atoms with E-state index < -0.39 is 10.0 Å². The van der Waals surface area contributed by atoms with Gasteiger partial charge in [0.25, 0.3) is 10.0 Å². The Morgan fingerprint density at radius 1 is 1.10 bits per heavy atom. The summed E-state index contributed by atoms with van der Waals surface area (Å²) in [5.41, 5.74) is 2.07. The first-order valence-corrected chi connectivity index (χ1v) is 8.26. The highest BCUT2D eigenvalue weighted by Gasteiger charge is 2.15. The number of anilines is 1. The third kappa shape index (κ3) is 3.45. The zero-order valence-corrected chi connectivity index (χ0v) is 13.1. The van der Waals surface area contributed by atoms with E-state index in [1.165, 1.54) is 0 Å². The van der Waals surface area contributed by atoms with Crippen LogP contribution in [0.1, 0.15) is 11.1 Å². The summed E-state index contributed by atoms with van der Waals surface area (Å²) in [6.07, 6.45) is 0. The van der Waals surface area contributed by atoms with E-state index in [9.17, 15) is 8.42 Å². The number of sulfonamides is 1. The number of alkyl halides is 1. The van der Waals surface area contributed by atoms with Gasteiger partial charge in [-0.15, -0.1) is 11.6 Å². The van der Waals surface area contributed by atoms with Crippen molar-refractivity contribution in [1.82, 2.24) is 0 Å². The van der Waals surface area contributed by atoms with Crippen LogP contribution in [0.5, 0.6) is 0 Å². The van der Waals surface area contributed by atoms with E-state index in [4.69, 9.17) is 23.2 Å². The molecular weight excluding hydrogens is 317 g/mol. The zero-order valence-electron chi connectivity index (χ0n) is 10.7. The van der Waals surface area contributed by atoms with Crippen LogP contribution in [0.15, 0.2) is 47.4 Å². The van der Waals surface area contributed by atoms with Gasteiger partial charge in [-0.1, -0.05) is 29.3 Å². The minimum Gasteiger partial charge on any atom is -0.279 e. The largest absolute Gasteiger partial charge is 0.279 e. The second-order valence-corrected chi connectivity index (χ2v) is 6.74. The molecule has 20 heavy (non-hydrogen) atoms. The highest BCUT2D eigenvalue weighted by molar-refractivity contribution is 7.92. The number of nitrogens with one attached hydrogen (secondary N) is 1. The van der Waals surface area contributed by atoms with Crippen LogP contribution in [0, 0.1) is 6.92 Å². The van der Waals surface area contributed by atoms with E-state index in [2.05, 4.69) is 4.72 Å². The quantitative estimate of drug-likeness (QED) is 0.855. The summed E-state index contributed by atoms with van der Waals surface area (Å²) in [7, 11) is -3.63. The third-order valence-corrected chi connectivity index (χ3v) is 4.69. The van der Waals surface area contributed by atoms with E-state index in [1.807, 2.05) is 6.92 Å². The fourth-order valence-corrected chi connectivity index (χ4v) is 3.21. The van der Waals surface area contributed by atoms with Crippen LogP contribution in [-0.2, 0) is 15.9 Å². The molecule has 0 atom stereocenters. The fraction of sp³-hybridized carbons (Fsp3) is 0.143.